The Labute approximate surface area is 422 Å². The van der Waals surface area contributed by atoms with Crippen molar-refractivity contribution in [2.75, 3.05) is 0 Å². The van der Waals surface area contributed by atoms with Crippen molar-refractivity contribution in [3.05, 3.63) is 165 Å². The van der Waals surface area contributed by atoms with Gasteiger partial charge in [0.1, 0.15) is 0 Å². The third-order valence-corrected chi connectivity index (χ3v) is 13.9. The number of benzene rings is 4. The molecular weight excluding hydrogens is 904 g/mol. The van der Waals surface area contributed by atoms with Crippen molar-refractivity contribution in [2.45, 2.75) is 105 Å². The predicted molar refractivity (Wildman–Crippen MR) is 296 cm³/mol. The lowest BCUT2D eigenvalue weighted by Gasteiger charge is -2.26. The van der Waals surface area contributed by atoms with Crippen LogP contribution in [0.5, 0.6) is 0 Å². The Kier molecular flexibility index (Phi) is 12.2. The molecule has 0 fully saturated rings. The molecule has 8 bridgehead atoms. The van der Waals surface area contributed by atoms with E-state index in [1.165, 1.54) is 22.3 Å². The zero-order chi connectivity index (χ0) is 50.2. The summed E-state index contributed by atoms with van der Waals surface area (Å²) in [6.45, 7) is 27.0. The number of aromatic nitrogens is 4. The number of fused-ring (bicyclic) bond motifs is 8. The van der Waals surface area contributed by atoms with Crippen LogP contribution in [0.25, 0.3) is 90.9 Å². The first-order chi connectivity index (χ1) is 32.8. The highest BCUT2D eigenvalue weighted by atomic mass is 35.5. The van der Waals surface area contributed by atoms with Crippen LogP contribution in [0.15, 0.2) is 109 Å². The average molecular weight is 964 g/mol. The molecule has 6 nitrogen and oxygen atoms in total. The van der Waals surface area contributed by atoms with Gasteiger partial charge in [-0.3, -0.25) is 9.59 Å². The summed E-state index contributed by atoms with van der Waals surface area (Å²) in [5.41, 5.74) is 19.1. The molecule has 0 atom stereocenters. The summed E-state index contributed by atoms with van der Waals surface area (Å²) in [5, 5.41) is -1.03. The SMILES string of the molecule is CC(C)(C)c1cc(-c2c3nc(c(-c4ccc(C(=O)Cl)cc4)c4ccc([nH]4)c(-c4cc(C(C)(C)C)cc(C(C)(C)C)c4)c4nc(c(-c5ccc(C(=O)Cl)cc5)c5ccc2[nH]5)C=C4)C=C3)cc(C(C)(C)C)c1. The molecule has 2 N–H and O–H groups in total. The molecule has 2 aliphatic heterocycles. The molecule has 354 valence electrons. The van der Waals surface area contributed by atoms with E-state index in [0.717, 1.165) is 89.4 Å². The lowest BCUT2D eigenvalue weighted by molar-refractivity contribution is 0.107. The fourth-order valence-electron chi connectivity index (χ4n) is 9.23. The topological polar surface area (TPSA) is 91.5 Å². The number of rotatable bonds is 6. The predicted octanol–water partition coefficient (Wildman–Crippen LogP) is 17.3. The van der Waals surface area contributed by atoms with Crippen molar-refractivity contribution in [3.63, 3.8) is 0 Å². The van der Waals surface area contributed by atoms with E-state index in [9.17, 15) is 9.59 Å². The minimum Gasteiger partial charge on any atom is -0.354 e. The van der Waals surface area contributed by atoms with Gasteiger partial charge >= 0.3 is 0 Å². The first-order valence-corrected chi connectivity index (χ1v) is 24.7. The van der Waals surface area contributed by atoms with Crippen LogP contribution in [-0.2, 0) is 21.7 Å². The second kappa shape index (κ2) is 17.7. The number of hydrogen-bond donors (Lipinski definition) is 2. The second-order valence-electron chi connectivity index (χ2n) is 22.8. The third-order valence-electron chi connectivity index (χ3n) is 13.5. The molecule has 9 rings (SSSR count). The van der Waals surface area contributed by atoms with E-state index in [2.05, 4.69) is 178 Å². The van der Waals surface area contributed by atoms with Gasteiger partial charge in [0.15, 0.2) is 0 Å². The lowest BCUT2D eigenvalue weighted by atomic mass is 9.78. The number of halogens is 2. The van der Waals surface area contributed by atoms with Crippen molar-refractivity contribution < 1.29 is 9.59 Å². The Hall–Kier alpha value is -6.60. The molecule has 0 saturated carbocycles. The number of hydrogen-bond acceptors (Lipinski definition) is 4. The average Bonchev–Trinajstić information content (AvgIpc) is 4.14. The first-order valence-electron chi connectivity index (χ1n) is 23.9. The van der Waals surface area contributed by atoms with Crippen LogP contribution in [-0.4, -0.2) is 30.4 Å². The molecular formula is C62H60Cl2N4O2. The molecule has 0 unspecified atom stereocenters. The maximum atomic E-state index is 12.3. The van der Waals surface area contributed by atoms with E-state index in [1.54, 1.807) is 24.3 Å². The quantitative estimate of drug-likeness (QED) is 0.162. The molecule has 2 aliphatic rings. The fourth-order valence-corrected chi connectivity index (χ4v) is 9.48. The molecule has 3 aromatic heterocycles. The maximum absolute atomic E-state index is 12.3. The summed E-state index contributed by atoms with van der Waals surface area (Å²) in [4.78, 5) is 43.5. The van der Waals surface area contributed by atoms with Gasteiger partial charge in [0.05, 0.1) is 22.8 Å². The van der Waals surface area contributed by atoms with Crippen LogP contribution < -0.4 is 0 Å². The second-order valence-corrected chi connectivity index (χ2v) is 23.5. The molecule has 0 saturated heterocycles. The molecule has 0 spiro atoms. The number of carbonyl (C=O) groups is 2. The standard InChI is InChI=1S/C62H60Cl2N4O2/c1-59(2,3)41-29-39(30-42(33-41)60(4,5)6)55-49-25-21-45(65-49)53(35-13-17-37(18-14-35)57(63)69)47-23-27-51(67-47)56(40-31-43(61(7,8)9)34-44(32-40)62(10,11)12)52-28-24-48(68-52)54(46-22-26-50(55)66-46)36-15-19-38(20-16-36)58(64)70/h13-34,65,68H,1-12H3. The summed E-state index contributed by atoms with van der Waals surface area (Å²) >= 11 is 12.0. The van der Waals surface area contributed by atoms with Gasteiger partial charge in [-0.2, -0.15) is 0 Å². The molecule has 0 aliphatic carbocycles. The number of H-pyrrole nitrogens is 2. The lowest BCUT2D eigenvalue weighted by Crippen LogP contribution is -2.16. The van der Waals surface area contributed by atoms with Crippen molar-refractivity contribution in [1.29, 1.82) is 0 Å². The van der Waals surface area contributed by atoms with E-state index < -0.39 is 10.5 Å². The van der Waals surface area contributed by atoms with Gasteiger partial charge in [0.2, 0.25) is 0 Å². The molecule has 70 heavy (non-hydrogen) atoms. The van der Waals surface area contributed by atoms with Gasteiger partial charge in [-0.1, -0.05) is 144 Å². The summed E-state index contributed by atoms with van der Waals surface area (Å²) in [7, 11) is 0. The van der Waals surface area contributed by atoms with Crippen molar-refractivity contribution in [1.82, 2.24) is 19.9 Å². The summed E-state index contributed by atoms with van der Waals surface area (Å²) in [5.74, 6) is 0. The number of nitrogens with one attached hydrogen (secondary N) is 2. The minimum atomic E-state index is -0.516. The van der Waals surface area contributed by atoms with Crippen LogP contribution in [0.1, 0.15) is 149 Å². The zero-order valence-corrected chi connectivity index (χ0v) is 43.7. The minimum absolute atomic E-state index is 0.139. The molecule has 0 amide bonds. The van der Waals surface area contributed by atoms with E-state index in [4.69, 9.17) is 33.2 Å². The Bertz CT molecular complexity index is 3200. The zero-order valence-electron chi connectivity index (χ0n) is 42.2. The van der Waals surface area contributed by atoms with Gasteiger partial charge < -0.3 is 9.97 Å². The van der Waals surface area contributed by atoms with Crippen LogP contribution in [0.4, 0.5) is 0 Å². The maximum Gasteiger partial charge on any atom is 0.252 e. The van der Waals surface area contributed by atoms with Gasteiger partial charge in [-0.05, 0) is 162 Å². The fraction of sp³-hybridized carbons (Fsp3) is 0.258. The van der Waals surface area contributed by atoms with Crippen LogP contribution >= 0.6 is 23.2 Å². The summed E-state index contributed by atoms with van der Waals surface area (Å²) < 4.78 is 0. The van der Waals surface area contributed by atoms with Gasteiger partial charge in [0.25, 0.3) is 10.5 Å². The highest BCUT2D eigenvalue weighted by Crippen LogP contribution is 2.42. The first kappa shape index (κ1) is 48.4. The molecule has 8 heteroatoms. The Morgan fingerprint density at radius 3 is 0.829 bits per heavy atom. The Morgan fingerprint density at radius 2 is 0.600 bits per heavy atom. The number of aromatic amines is 2. The van der Waals surface area contributed by atoms with E-state index in [0.29, 0.717) is 11.1 Å². The van der Waals surface area contributed by atoms with Crippen molar-refractivity contribution in [3.8, 4) is 44.5 Å². The Morgan fingerprint density at radius 1 is 0.357 bits per heavy atom. The molecule has 5 heterocycles. The van der Waals surface area contributed by atoms with Gasteiger partial charge in [0, 0.05) is 55.4 Å². The third kappa shape index (κ3) is 9.52. The smallest absolute Gasteiger partial charge is 0.252 e. The van der Waals surface area contributed by atoms with E-state index in [-0.39, 0.29) is 21.7 Å². The molecule has 0 radical (unpaired) electrons. The Balaban J connectivity index is 1.49. The number of nitrogens with zero attached hydrogens (tertiary/aromatic N) is 2. The van der Waals surface area contributed by atoms with Crippen molar-refractivity contribution in [2.24, 2.45) is 0 Å². The number of carbonyl (C=O) groups excluding carboxylic acids is 2. The van der Waals surface area contributed by atoms with Crippen LogP contribution in [0.3, 0.4) is 0 Å². The normalized spacial score (nSPS) is 13.0. The monoisotopic (exact) mass is 962 g/mol. The van der Waals surface area contributed by atoms with Crippen LogP contribution in [0.2, 0.25) is 0 Å². The van der Waals surface area contributed by atoms with Crippen LogP contribution in [0, 0.1) is 0 Å². The highest BCUT2D eigenvalue weighted by Gasteiger charge is 2.26. The highest BCUT2D eigenvalue weighted by molar-refractivity contribution is 6.68. The van der Waals surface area contributed by atoms with E-state index >= 15 is 0 Å². The van der Waals surface area contributed by atoms with Gasteiger partial charge in [-0.25, -0.2) is 9.97 Å². The molecule has 4 aromatic carbocycles. The van der Waals surface area contributed by atoms with Gasteiger partial charge in [-0.15, -0.1) is 0 Å². The van der Waals surface area contributed by atoms with Crippen molar-refractivity contribution >= 4 is 80.1 Å². The largest absolute Gasteiger partial charge is 0.354 e. The summed E-state index contributed by atoms with van der Waals surface area (Å²) in [6.07, 6.45) is 8.37. The molecule has 7 aromatic rings. The summed E-state index contributed by atoms with van der Waals surface area (Å²) in [6, 6.07) is 37.2. The van der Waals surface area contributed by atoms with E-state index in [1.807, 2.05) is 24.3 Å².